The van der Waals surface area contributed by atoms with E-state index in [0.717, 1.165) is 40.1 Å². The maximum absolute atomic E-state index is 10.0. The SMILES string of the molecule is CC1=C(c2ccncc2)C(c2ccc(OCCN3CCCCC3)cc2)Oc2cc(O)ccc21. The topological polar surface area (TPSA) is 54.8 Å². The second-order valence-electron chi connectivity index (χ2n) is 8.77. The predicted octanol–water partition coefficient (Wildman–Crippen LogP) is 5.72. The molecule has 0 spiro atoms. The number of benzene rings is 2. The highest BCUT2D eigenvalue weighted by Crippen LogP contribution is 2.47. The molecule has 0 saturated carbocycles. The first-order valence-electron chi connectivity index (χ1n) is 11.8. The molecule has 1 aromatic heterocycles. The number of phenolic OH excluding ortho intramolecular Hbond substituents is 1. The number of phenols is 1. The van der Waals surface area contributed by atoms with E-state index >= 15 is 0 Å². The fourth-order valence-corrected chi connectivity index (χ4v) is 4.79. The molecule has 1 atom stereocenters. The normalized spacial score (nSPS) is 18.5. The molecule has 0 aliphatic carbocycles. The van der Waals surface area contributed by atoms with Crippen molar-refractivity contribution in [3.05, 3.63) is 83.7 Å². The molecule has 33 heavy (non-hydrogen) atoms. The number of likely N-dealkylation sites (tertiary alicyclic amines) is 1. The first-order chi connectivity index (χ1) is 16.2. The minimum Gasteiger partial charge on any atom is -0.508 e. The van der Waals surface area contributed by atoms with Crippen LogP contribution in [-0.4, -0.2) is 41.2 Å². The lowest BCUT2D eigenvalue weighted by Crippen LogP contribution is -2.33. The number of hydrogen-bond donors (Lipinski definition) is 1. The van der Waals surface area contributed by atoms with Gasteiger partial charge < -0.3 is 14.6 Å². The molecule has 1 saturated heterocycles. The number of ether oxygens (including phenoxy) is 2. The molecule has 3 heterocycles. The van der Waals surface area contributed by atoms with Gasteiger partial charge in [-0.05, 0) is 86.0 Å². The van der Waals surface area contributed by atoms with Gasteiger partial charge in [0.25, 0.3) is 0 Å². The number of hydrogen-bond acceptors (Lipinski definition) is 5. The van der Waals surface area contributed by atoms with Gasteiger partial charge in [0.05, 0.1) is 0 Å². The van der Waals surface area contributed by atoms with Gasteiger partial charge in [-0.2, -0.15) is 0 Å². The van der Waals surface area contributed by atoms with Crippen LogP contribution >= 0.6 is 0 Å². The Kier molecular flexibility index (Phi) is 6.31. The molecule has 0 radical (unpaired) electrons. The summed E-state index contributed by atoms with van der Waals surface area (Å²) in [5.74, 6) is 1.76. The number of fused-ring (bicyclic) bond motifs is 1. The van der Waals surface area contributed by atoms with Crippen molar-refractivity contribution >= 4 is 11.1 Å². The Hall–Kier alpha value is -3.31. The van der Waals surface area contributed by atoms with Crippen LogP contribution in [0.15, 0.2) is 67.0 Å². The molecule has 3 aromatic rings. The van der Waals surface area contributed by atoms with Crippen molar-refractivity contribution in [1.82, 2.24) is 9.88 Å². The Bertz CT molecular complexity index is 1120. The van der Waals surface area contributed by atoms with Gasteiger partial charge in [0.15, 0.2) is 0 Å². The third-order valence-corrected chi connectivity index (χ3v) is 6.58. The standard InChI is InChI=1S/C28H30N2O3/c1-20-25-10-7-23(31)19-26(25)33-28(27(20)21-11-13-29-14-12-21)22-5-8-24(9-6-22)32-18-17-30-15-3-2-4-16-30/h5-14,19,28,31H,2-4,15-18H2,1H3. The van der Waals surface area contributed by atoms with E-state index in [-0.39, 0.29) is 11.9 Å². The van der Waals surface area contributed by atoms with E-state index < -0.39 is 0 Å². The molecule has 0 amide bonds. The highest BCUT2D eigenvalue weighted by molar-refractivity contribution is 5.95. The average molecular weight is 443 g/mol. The Balaban J connectivity index is 1.38. The Labute approximate surface area is 195 Å². The largest absolute Gasteiger partial charge is 0.508 e. The Morgan fingerprint density at radius 3 is 2.52 bits per heavy atom. The number of aromatic hydroxyl groups is 1. The molecule has 5 nitrogen and oxygen atoms in total. The van der Waals surface area contributed by atoms with Gasteiger partial charge in [0, 0.05) is 36.1 Å². The van der Waals surface area contributed by atoms with E-state index in [9.17, 15) is 5.11 Å². The second kappa shape index (κ2) is 9.67. The van der Waals surface area contributed by atoms with E-state index in [1.807, 2.05) is 30.3 Å². The van der Waals surface area contributed by atoms with Crippen LogP contribution < -0.4 is 9.47 Å². The molecular weight excluding hydrogens is 412 g/mol. The lowest BCUT2D eigenvalue weighted by molar-refractivity contribution is 0.183. The molecule has 1 fully saturated rings. The maximum atomic E-state index is 10.0. The summed E-state index contributed by atoms with van der Waals surface area (Å²) in [6.07, 6.45) is 7.26. The fourth-order valence-electron chi connectivity index (χ4n) is 4.79. The summed E-state index contributed by atoms with van der Waals surface area (Å²) in [5.41, 5.74) is 5.35. The van der Waals surface area contributed by atoms with E-state index in [1.165, 1.54) is 32.4 Å². The number of allylic oxidation sites excluding steroid dienone is 1. The summed E-state index contributed by atoms with van der Waals surface area (Å²) < 4.78 is 12.5. The van der Waals surface area contributed by atoms with Crippen LogP contribution in [0.25, 0.3) is 11.1 Å². The molecule has 5 rings (SSSR count). The van der Waals surface area contributed by atoms with Gasteiger partial charge in [0.2, 0.25) is 0 Å². The van der Waals surface area contributed by atoms with Crippen molar-refractivity contribution in [2.24, 2.45) is 0 Å². The molecule has 1 unspecified atom stereocenters. The smallest absolute Gasteiger partial charge is 0.150 e. The van der Waals surface area contributed by atoms with E-state index in [0.29, 0.717) is 12.4 Å². The first-order valence-corrected chi connectivity index (χ1v) is 11.8. The van der Waals surface area contributed by atoms with E-state index in [1.54, 1.807) is 24.5 Å². The minimum absolute atomic E-state index is 0.199. The number of aromatic nitrogens is 1. The average Bonchev–Trinajstić information content (AvgIpc) is 2.85. The molecule has 2 aliphatic heterocycles. The van der Waals surface area contributed by atoms with Gasteiger partial charge >= 0.3 is 0 Å². The molecule has 2 aromatic carbocycles. The van der Waals surface area contributed by atoms with Crippen molar-refractivity contribution < 1.29 is 14.6 Å². The lowest BCUT2D eigenvalue weighted by atomic mass is 9.86. The van der Waals surface area contributed by atoms with E-state index in [2.05, 4.69) is 28.9 Å². The number of pyridine rings is 1. The Morgan fingerprint density at radius 1 is 1.00 bits per heavy atom. The van der Waals surface area contributed by atoms with Gasteiger partial charge in [-0.1, -0.05) is 18.6 Å². The third-order valence-electron chi connectivity index (χ3n) is 6.58. The van der Waals surface area contributed by atoms with Crippen molar-refractivity contribution in [3.8, 4) is 17.2 Å². The second-order valence-corrected chi connectivity index (χ2v) is 8.77. The quantitative estimate of drug-likeness (QED) is 0.529. The summed E-state index contributed by atoms with van der Waals surface area (Å²) in [6.45, 7) is 6.15. The molecule has 0 bridgehead atoms. The van der Waals surface area contributed by atoms with E-state index in [4.69, 9.17) is 9.47 Å². The van der Waals surface area contributed by atoms with Gasteiger partial charge in [-0.15, -0.1) is 0 Å². The number of rotatable bonds is 6. The summed E-state index contributed by atoms with van der Waals surface area (Å²) >= 11 is 0. The van der Waals surface area contributed by atoms with Gasteiger partial charge in [-0.25, -0.2) is 0 Å². The molecule has 170 valence electrons. The van der Waals surface area contributed by atoms with Crippen LogP contribution in [0.4, 0.5) is 0 Å². The third kappa shape index (κ3) is 4.74. The summed E-state index contributed by atoms with van der Waals surface area (Å²) in [4.78, 5) is 6.66. The zero-order valence-electron chi connectivity index (χ0n) is 19.0. The molecule has 1 N–H and O–H groups in total. The molecular formula is C28H30N2O3. The monoisotopic (exact) mass is 442 g/mol. The van der Waals surface area contributed by atoms with Crippen LogP contribution in [0.5, 0.6) is 17.2 Å². The molecule has 2 aliphatic rings. The van der Waals surface area contributed by atoms with Crippen molar-refractivity contribution in [3.63, 3.8) is 0 Å². The zero-order valence-corrected chi connectivity index (χ0v) is 19.0. The summed E-state index contributed by atoms with van der Waals surface area (Å²) in [5, 5.41) is 10.0. The number of nitrogens with zero attached hydrogens (tertiary/aromatic N) is 2. The zero-order chi connectivity index (χ0) is 22.6. The van der Waals surface area contributed by atoms with Crippen LogP contribution in [0.3, 0.4) is 0 Å². The fraction of sp³-hybridized carbons (Fsp3) is 0.321. The van der Waals surface area contributed by atoms with Crippen LogP contribution in [0, 0.1) is 0 Å². The first kappa shape index (κ1) is 21.5. The maximum Gasteiger partial charge on any atom is 0.150 e. The van der Waals surface area contributed by atoms with Crippen molar-refractivity contribution in [1.29, 1.82) is 0 Å². The number of piperidine rings is 1. The highest BCUT2D eigenvalue weighted by Gasteiger charge is 2.29. The van der Waals surface area contributed by atoms with Crippen LogP contribution in [0.1, 0.15) is 49.0 Å². The predicted molar refractivity (Wildman–Crippen MR) is 130 cm³/mol. The van der Waals surface area contributed by atoms with Crippen molar-refractivity contribution in [2.45, 2.75) is 32.3 Å². The lowest BCUT2D eigenvalue weighted by Gasteiger charge is -2.31. The summed E-state index contributed by atoms with van der Waals surface area (Å²) in [6, 6.07) is 17.5. The highest BCUT2D eigenvalue weighted by atomic mass is 16.5. The minimum atomic E-state index is -0.288. The van der Waals surface area contributed by atoms with Gasteiger partial charge in [0.1, 0.15) is 30.0 Å². The van der Waals surface area contributed by atoms with Crippen molar-refractivity contribution in [2.75, 3.05) is 26.2 Å². The van der Waals surface area contributed by atoms with Gasteiger partial charge in [-0.3, -0.25) is 9.88 Å². The van der Waals surface area contributed by atoms with Crippen LogP contribution in [-0.2, 0) is 0 Å². The Morgan fingerprint density at radius 2 is 1.76 bits per heavy atom. The summed E-state index contributed by atoms with van der Waals surface area (Å²) in [7, 11) is 0. The van der Waals surface area contributed by atoms with Crippen LogP contribution in [0.2, 0.25) is 0 Å². The molecule has 5 heteroatoms.